The van der Waals surface area contributed by atoms with E-state index in [0.29, 0.717) is 22.8 Å². The van der Waals surface area contributed by atoms with Gasteiger partial charge in [0, 0.05) is 36.1 Å². The van der Waals surface area contributed by atoms with Crippen LogP contribution in [0.2, 0.25) is 0 Å². The second-order valence-corrected chi connectivity index (χ2v) is 4.13. The summed E-state index contributed by atoms with van der Waals surface area (Å²) in [6, 6.07) is 5.45. The Labute approximate surface area is 111 Å². The predicted octanol–water partition coefficient (Wildman–Crippen LogP) is 1.66. The topological polar surface area (TPSA) is 114 Å². The third-order valence-electron chi connectivity index (χ3n) is 2.97. The molecule has 19 heavy (non-hydrogen) atoms. The fraction of sp³-hybridized carbons (Fsp3) is 0.154. The van der Waals surface area contributed by atoms with Crippen molar-refractivity contribution in [1.82, 2.24) is 9.97 Å². The van der Waals surface area contributed by atoms with Crippen LogP contribution in [-0.2, 0) is 0 Å². The van der Waals surface area contributed by atoms with Crippen molar-refractivity contribution in [3.8, 4) is 11.3 Å². The Balaban J connectivity index is 2.65. The Morgan fingerprint density at radius 2 is 2.00 bits per heavy atom. The minimum atomic E-state index is 0.203. The van der Waals surface area contributed by atoms with Gasteiger partial charge in [0.05, 0.1) is 5.69 Å². The molecule has 0 bridgehead atoms. The van der Waals surface area contributed by atoms with Crippen molar-refractivity contribution in [2.75, 3.05) is 23.8 Å². The van der Waals surface area contributed by atoms with Gasteiger partial charge < -0.3 is 22.2 Å². The summed E-state index contributed by atoms with van der Waals surface area (Å²) >= 11 is 0. The smallest absolute Gasteiger partial charge is 0.222 e. The Bertz CT molecular complexity index is 635. The highest BCUT2D eigenvalue weighted by atomic mass is 15.1. The summed E-state index contributed by atoms with van der Waals surface area (Å²) in [6.45, 7) is 1.91. The summed E-state index contributed by atoms with van der Waals surface area (Å²) in [6.07, 6.45) is 1.25. The molecule has 0 aliphatic rings. The van der Waals surface area contributed by atoms with Crippen LogP contribution in [0.1, 0.15) is 11.1 Å². The molecule has 0 aliphatic heterocycles. The first-order valence-corrected chi connectivity index (χ1v) is 5.79. The molecule has 6 nitrogen and oxygen atoms in total. The summed E-state index contributed by atoms with van der Waals surface area (Å²) in [5.41, 5.74) is 15.3. The van der Waals surface area contributed by atoms with E-state index < -0.39 is 0 Å². The van der Waals surface area contributed by atoms with Crippen molar-refractivity contribution in [3.63, 3.8) is 0 Å². The maximum absolute atomic E-state index is 7.43. The summed E-state index contributed by atoms with van der Waals surface area (Å²) < 4.78 is 0. The van der Waals surface area contributed by atoms with Gasteiger partial charge in [-0.15, -0.1) is 0 Å². The Morgan fingerprint density at radius 3 is 2.63 bits per heavy atom. The first-order valence-electron chi connectivity index (χ1n) is 5.79. The van der Waals surface area contributed by atoms with Gasteiger partial charge in [-0.3, -0.25) is 0 Å². The maximum Gasteiger partial charge on any atom is 0.222 e. The van der Waals surface area contributed by atoms with E-state index in [-0.39, 0.29) is 5.95 Å². The lowest BCUT2D eigenvalue weighted by Crippen LogP contribution is -2.03. The van der Waals surface area contributed by atoms with Crippen LogP contribution >= 0.6 is 0 Å². The molecule has 0 fully saturated rings. The first kappa shape index (κ1) is 12.8. The number of aromatic nitrogens is 2. The highest BCUT2D eigenvalue weighted by Gasteiger charge is 2.11. The highest BCUT2D eigenvalue weighted by Crippen LogP contribution is 2.28. The lowest BCUT2D eigenvalue weighted by atomic mass is 9.99. The predicted molar refractivity (Wildman–Crippen MR) is 78.5 cm³/mol. The molecule has 0 spiro atoms. The van der Waals surface area contributed by atoms with E-state index >= 15 is 0 Å². The van der Waals surface area contributed by atoms with Gasteiger partial charge in [-0.25, -0.2) is 4.98 Å². The van der Waals surface area contributed by atoms with Gasteiger partial charge in [0.2, 0.25) is 5.95 Å². The number of hydrogen-bond donors (Lipinski definition) is 4. The molecular weight excluding hydrogens is 240 g/mol. The van der Waals surface area contributed by atoms with Crippen molar-refractivity contribution in [2.45, 2.75) is 6.92 Å². The van der Waals surface area contributed by atoms with Crippen LogP contribution < -0.4 is 16.8 Å². The zero-order valence-electron chi connectivity index (χ0n) is 10.9. The van der Waals surface area contributed by atoms with Crippen molar-refractivity contribution in [2.24, 2.45) is 0 Å². The molecule has 0 saturated carbocycles. The van der Waals surface area contributed by atoms with Crippen LogP contribution in [-0.4, -0.2) is 23.2 Å². The molecule has 2 aromatic rings. The van der Waals surface area contributed by atoms with Crippen LogP contribution in [0.15, 0.2) is 18.2 Å². The maximum atomic E-state index is 7.43. The van der Waals surface area contributed by atoms with Gasteiger partial charge in [0.1, 0.15) is 5.82 Å². The molecule has 1 aromatic carbocycles. The SMILES string of the molecule is CNc1cc(-c2ccc(N)c(C=N)c2C)nc(N)n1. The van der Waals surface area contributed by atoms with E-state index in [1.165, 1.54) is 6.21 Å². The molecule has 0 atom stereocenters. The van der Waals surface area contributed by atoms with E-state index in [1.807, 2.05) is 19.1 Å². The zero-order chi connectivity index (χ0) is 14.0. The first-order chi connectivity index (χ1) is 9.06. The number of nitrogen functional groups attached to an aromatic ring is 2. The monoisotopic (exact) mass is 256 g/mol. The van der Waals surface area contributed by atoms with Crippen LogP contribution in [0.3, 0.4) is 0 Å². The van der Waals surface area contributed by atoms with Gasteiger partial charge in [-0.2, -0.15) is 4.98 Å². The molecule has 0 saturated heterocycles. The van der Waals surface area contributed by atoms with E-state index in [4.69, 9.17) is 16.9 Å². The van der Waals surface area contributed by atoms with Gasteiger partial charge in [-0.05, 0) is 18.6 Å². The molecular formula is C13H16N6. The Morgan fingerprint density at radius 1 is 1.26 bits per heavy atom. The molecule has 98 valence electrons. The van der Waals surface area contributed by atoms with Crippen molar-refractivity contribution >= 4 is 23.7 Å². The Hall–Kier alpha value is -2.63. The minimum Gasteiger partial charge on any atom is -0.398 e. The van der Waals surface area contributed by atoms with E-state index in [0.717, 1.165) is 11.1 Å². The summed E-state index contributed by atoms with van der Waals surface area (Å²) in [7, 11) is 1.77. The van der Waals surface area contributed by atoms with Gasteiger partial charge in [0.25, 0.3) is 0 Å². The number of benzene rings is 1. The minimum absolute atomic E-state index is 0.203. The molecule has 0 amide bonds. The second-order valence-electron chi connectivity index (χ2n) is 4.13. The normalized spacial score (nSPS) is 10.2. The van der Waals surface area contributed by atoms with Crippen molar-refractivity contribution in [1.29, 1.82) is 5.41 Å². The molecule has 0 aliphatic carbocycles. The highest BCUT2D eigenvalue weighted by molar-refractivity contribution is 5.90. The van der Waals surface area contributed by atoms with E-state index in [2.05, 4.69) is 15.3 Å². The van der Waals surface area contributed by atoms with Crippen molar-refractivity contribution < 1.29 is 0 Å². The number of nitrogens with one attached hydrogen (secondary N) is 2. The van der Waals surface area contributed by atoms with Gasteiger partial charge in [0.15, 0.2) is 0 Å². The zero-order valence-corrected chi connectivity index (χ0v) is 10.9. The number of rotatable bonds is 3. The van der Waals surface area contributed by atoms with E-state index in [1.54, 1.807) is 13.1 Å². The second kappa shape index (κ2) is 4.93. The number of hydrogen-bond acceptors (Lipinski definition) is 6. The molecule has 6 heteroatoms. The van der Waals surface area contributed by atoms with E-state index in [9.17, 15) is 0 Å². The molecule has 0 unspecified atom stereocenters. The molecule has 2 rings (SSSR count). The molecule has 1 heterocycles. The fourth-order valence-electron chi connectivity index (χ4n) is 1.95. The molecule has 1 aromatic heterocycles. The summed E-state index contributed by atoms with van der Waals surface area (Å²) in [5.74, 6) is 0.851. The number of anilines is 3. The molecule has 6 N–H and O–H groups in total. The van der Waals surface area contributed by atoms with Gasteiger partial charge >= 0.3 is 0 Å². The number of nitrogens with two attached hydrogens (primary N) is 2. The third kappa shape index (κ3) is 2.33. The Kier molecular flexibility index (Phi) is 3.33. The fourth-order valence-corrected chi connectivity index (χ4v) is 1.95. The standard InChI is InChI=1S/C13H16N6/c1-7-8(3-4-10(15)9(7)6-14)11-5-12(17-2)19-13(16)18-11/h3-6,14H,15H2,1-2H3,(H3,16,17,18,19). The van der Waals surface area contributed by atoms with Crippen LogP contribution in [0.4, 0.5) is 17.5 Å². The quantitative estimate of drug-likeness (QED) is 0.492. The molecule has 0 radical (unpaired) electrons. The average molecular weight is 256 g/mol. The largest absolute Gasteiger partial charge is 0.398 e. The third-order valence-corrected chi connectivity index (χ3v) is 2.97. The lowest BCUT2D eigenvalue weighted by Gasteiger charge is -2.11. The average Bonchev–Trinajstić information content (AvgIpc) is 2.38. The van der Waals surface area contributed by atoms with Crippen LogP contribution in [0, 0.1) is 12.3 Å². The summed E-state index contributed by atoms with van der Waals surface area (Å²) in [5, 5.41) is 10.4. The van der Waals surface area contributed by atoms with Crippen molar-refractivity contribution in [3.05, 3.63) is 29.3 Å². The van der Waals surface area contributed by atoms with Gasteiger partial charge in [-0.1, -0.05) is 6.07 Å². The summed E-state index contributed by atoms with van der Waals surface area (Å²) in [4.78, 5) is 8.28. The van der Waals surface area contributed by atoms with Crippen LogP contribution in [0.5, 0.6) is 0 Å². The van der Waals surface area contributed by atoms with Crippen LogP contribution in [0.25, 0.3) is 11.3 Å². The lowest BCUT2D eigenvalue weighted by molar-refractivity contribution is 1.17. The number of nitrogens with zero attached hydrogens (tertiary/aromatic N) is 2.